The van der Waals surface area contributed by atoms with E-state index in [4.69, 9.17) is 0 Å². The van der Waals surface area contributed by atoms with Crippen LogP contribution in [0.5, 0.6) is 5.75 Å². The van der Waals surface area contributed by atoms with Gasteiger partial charge in [0.1, 0.15) is 5.75 Å². The molecule has 2 aromatic rings. The molecule has 0 aliphatic heterocycles. The van der Waals surface area contributed by atoms with Crippen molar-refractivity contribution in [3.8, 4) is 5.75 Å². The minimum Gasteiger partial charge on any atom is -0.508 e. The first-order valence-corrected chi connectivity index (χ1v) is 9.20. The van der Waals surface area contributed by atoms with Crippen LogP contribution in [0.4, 0.5) is 0 Å². The summed E-state index contributed by atoms with van der Waals surface area (Å²) in [5, 5.41) is 13.0. The molecule has 0 atom stereocenters. The maximum absolute atomic E-state index is 12.3. The van der Waals surface area contributed by atoms with Gasteiger partial charge in [-0.05, 0) is 43.4 Å². The first-order chi connectivity index (χ1) is 12.1. The molecule has 2 aromatic carbocycles. The van der Waals surface area contributed by atoms with Gasteiger partial charge < -0.3 is 10.4 Å². The third-order valence-corrected chi connectivity index (χ3v) is 5.43. The van der Waals surface area contributed by atoms with Gasteiger partial charge in [0.25, 0.3) is 0 Å². The van der Waals surface area contributed by atoms with Gasteiger partial charge in [0.05, 0.1) is 0 Å². The SMILES string of the molecule is Cc1cccc(C2(CNC(=O)CCc3ccccc3O)CCCC2)c1. The lowest BCUT2D eigenvalue weighted by atomic mass is 9.78. The van der Waals surface area contributed by atoms with Crippen molar-refractivity contribution >= 4 is 5.91 Å². The van der Waals surface area contributed by atoms with Gasteiger partial charge in [0, 0.05) is 18.4 Å². The van der Waals surface area contributed by atoms with E-state index in [1.807, 2.05) is 12.1 Å². The quantitative estimate of drug-likeness (QED) is 0.827. The maximum Gasteiger partial charge on any atom is 0.220 e. The van der Waals surface area contributed by atoms with Crippen LogP contribution < -0.4 is 5.32 Å². The molecular formula is C22H27NO2. The molecule has 1 amide bonds. The molecule has 1 aliphatic rings. The van der Waals surface area contributed by atoms with Crippen molar-refractivity contribution in [2.75, 3.05) is 6.54 Å². The first-order valence-electron chi connectivity index (χ1n) is 9.20. The lowest BCUT2D eigenvalue weighted by Gasteiger charge is -2.30. The zero-order valence-corrected chi connectivity index (χ0v) is 14.9. The molecule has 0 heterocycles. The van der Waals surface area contributed by atoms with Crippen LogP contribution in [0.3, 0.4) is 0 Å². The summed E-state index contributed by atoms with van der Waals surface area (Å²) in [4.78, 5) is 12.3. The zero-order chi connectivity index (χ0) is 17.7. The summed E-state index contributed by atoms with van der Waals surface area (Å²) in [6.45, 7) is 2.83. The van der Waals surface area contributed by atoms with Crippen LogP contribution in [0.25, 0.3) is 0 Å². The third kappa shape index (κ3) is 4.22. The van der Waals surface area contributed by atoms with E-state index >= 15 is 0 Å². The van der Waals surface area contributed by atoms with Crippen LogP contribution in [-0.4, -0.2) is 17.6 Å². The van der Waals surface area contributed by atoms with Crippen molar-refractivity contribution in [2.45, 2.75) is 50.9 Å². The van der Waals surface area contributed by atoms with Crippen molar-refractivity contribution < 1.29 is 9.90 Å². The lowest BCUT2D eigenvalue weighted by Crippen LogP contribution is -2.39. The van der Waals surface area contributed by atoms with E-state index in [1.165, 1.54) is 24.0 Å². The number of nitrogens with one attached hydrogen (secondary N) is 1. The average molecular weight is 337 g/mol. The number of phenols is 1. The largest absolute Gasteiger partial charge is 0.508 e. The smallest absolute Gasteiger partial charge is 0.220 e. The Balaban J connectivity index is 1.60. The number of carbonyl (C=O) groups excluding carboxylic acids is 1. The predicted molar refractivity (Wildman–Crippen MR) is 101 cm³/mol. The molecule has 1 fully saturated rings. The second-order valence-corrected chi connectivity index (χ2v) is 7.26. The first kappa shape index (κ1) is 17.5. The van der Waals surface area contributed by atoms with E-state index in [2.05, 4.69) is 36.5 Å². The van der Waals surface area contributed by atoms with Crippen molar-refractivity contribution in [1.29, 1.82) is 0 Å². The van der Waals surface area contributed by atoms with Gasteiger partial charge in [0.15, 0.2) is 0 Å². The molecule has 25 heavy (non-hydrogen) atoms. The average Bonchev–Trinajstić information content (AvgIpc) is 3.09. The topological polar surface area (TPSA) is 49.3 Å². The Bertz CT molecular complexity index is 732. The number of hydrogen-bond donors (Lipinski definition) is 2. The standard InChI is InChI=1S/C22H27NO2/c1-17-7-6-9-19(15-17)22(13-4-5-14-22)16-23-21(25)12-11-18-8-2-3-10-20(18)24/h2-3,6-10,15,24H,4-5,11-14,16H2,1H3,(H,23,25). The molecule has 3 nitrogen and oxygen atoms in total. The lowest BCUT2D eigenvalue weighted by molar-refractivity contribution is -0.121. The van der Waals surface area contributed by atoms with E-state index in [0.29, 0.717) is 19.4 Å². The number of amides is 1. The number of phenolic OH excluding ortho intramolecular Hbond substituents is 1. The van der Waals surface area contributed by atoms with Gasteiger partial charge in [-0.1, -0.05) is 60.9 Å². The number of benzene rings is 2. The molecule has 132 valence electrons. The maximum atomic E-state index is 12.3. The fourth-order valence-electron chi connectivity index (χ4n) is 3.92. The molecule has 0 saturated heterocycles. The van der Waals surface area contributed by atoms with Crippen molar-refractivity contribution in [1.82, 2.24) is 5.32 Å². The second-order valence-electron chi connectivity index (χ2n) is 7.26. The highest BCUT2D eigenvalue weighted by atomic mass is 16.3. The molecule has 1 aliphatic carbocycles. The number of rotatable bonds is 6. The van der Waals surface area contributed by atoms with Crippen LogP contribution in [-0.2, 0) is 16.6 Å². The molecule has 3 rings (SSSR count). The number of hydrogen-bond acceptors (Lipinski definition) is 2. The summed E-state index contributed by atoms with van der Waals surface area (Å²) in [5.74, 6) is 0.324. The van der Waals surface area contributed by atoms with E-state index < -0.39 is 0 Å². The Morgan fingerprint density at radius 2 is 1.88 bits per heavy atom. The zero-order valence-electron chi connectivity index (χ0n) is 14.9. The van der Waals surface area contributed by atoms with Gasteiger partial charge in [-0.3, -0.25) is 4.79 Å². The fraction of sp³-hybridized carbons (Fsp3) is 0.409. The Kier molecular flexibility index (Phi) is 5.42. The highest BCUT2D eigenvalue weighted by Gasteiger charge is 2.35. The summed E-state index contributed by atoms with van der Waals surface area (Å²) in [5.41, 5.74) is 3.53. The normalized spacial score (nSPS) is 15.9. The monoisotopic (exact) mass is 337 g/mol. The number of carbonyl (C=O) groups is 1. The third-order valence-electron chi connectivity index (χ3n) is 5.43. The van der Waals surface area contributed by atoms with Crippen molar-refractivity contribution in [2.24, 2.45) is 0 Å². The van der Waals surface area contributed by atoms with E-state index in [-0.39, 0.29) is 17.1 Å². The number of aromatic hydroxyl groups is 1. The second kappa shape index (κ2) is 7.73. The van der Waals surface area contributed by atoms with Gasteiger partial charge in [-0.2, -0.15) is 0 Å². The summed E-state index contributed by atoms with van der Waals surface area (Å²) < 4.78 is 0. The summed E-state index contributed by atoms with van der Waals surface area (Å²) >= 11 is 0. The van der Waals surface area contributed by atoms with Crippen LogP contribution in [0.2, 0.25) is 0 Å². The number of para-hydroxylation sites is 1. The number of aryl methyl sites for hydroxylation is 2. The Morgan fingerprint density at radius 1 is 1.12 bits per heavy atom. The molecule has 0 bridgehead atoms. The Labute approximate surface area is 150 Å². The highest BCUT2D eigenvalue weighted by Crippen LogP contribution is 2.40. The van der Waals surface area contributed by atoms with Gasteiger partial charge in [0.2, 0.25) is 5.91 Å². The molecule has 3 heteroatoms. The van der Waals surface area contributed by atoms with Gasteiger partial charge in [-0.15, -0.1) is 0 Å². The fourth-order valence-corrected chi connectivity index (χ4v) is 3.92. The summed E-state index contributed by atoms with van der Waals surface area (Å²) in [6.07, 6.45) is 5.69. The Hall–Kier alpha value is -2.29. The van der Waals surface area contributed by atoms with Crippen LogP contribution in [0.1, 0.15) is 48.8 Å². The van der Waals surface area contributed by atoms with E-state index in [9.17, 15) is 9.90 Å². The van der Waals surface area contributed by atoms with Crippen LogP contribution in [0, 0.1) is 6.92 Å². The van der Waals surface area contributed by atoms with Crippen molar-refractivity contribution in [3.63, 3.8) is 0 Å². The van der Waals surface area contributed by atoms with Gasteiger partial charge >= 0.3 is 0 Å². The highest BCUT2D eigenvalue weighted by molar-refractivity contribution is 5.76. The Morgan fingerprint density at radius 3 is 2.60 bits per heavy atom. The minimum absolute atomic E-state index is 0.0576. The molecule has 0 spiro atoms. The van der Waals surface area contributed by atoms with E-state index in [1.54, 1.807) is 12.1 Å². The van der Waals surface area contributed by atoms with E-state index in [0.717, 1.165) is 18.4 Å². The summed E-state index contributed by atoms with van der Waals surface area (Å²) in [7, 11) is 0. The van der Waals surface area contributed by atoms with Crippen LogP contribution >= 0.6 is 0 Å². The summed E-state index contributed by atoms with van der Waals surface area (Å²) in [6, 6.07) is 15.9. The molecule has 0 unspecified atom stereocenters. The van der Waals surface area contributed by atoms with Crippen molar-refractivity contribution in [3.05, 3.63) is 65.2 Å². The minimum atomic E-state index is 0.0576. The van der Waals surface area contributed by atoms with Crippen LogP contribution in [0.15, 0.2) is 48.5 Å². The molecule has 1 saturated carbocycles. The molecule has 0 radical (unpaired) electrons. The van der Waals surface area contributed by atoms with Gasteiger partial charge in [-0.25, -0.2) is 0 Å². The predicted octanol–water partition coefficient (Wildman–Crippen LogP) is 4.26. The molecular weight excluding hydrogens is 310 g/mol. The molecule has 0 aromatic heterocycles. The molecule has 2 N–H and O–H groups in total.